The van der Waals surface area contributed by atoms with Crippen molar-refractivity contribution in [3.8, 4) is 0 Å². The fraction of sp³-hybridized carbons (Fsp3) is 0.308. The van der Waals surface area contributed by atoms with Crippen LogP contribution < -0.4 is 14.9 Å². The van der Waals surface area contributed by atoms with Crippen molar-refractivity contribution >= 4 is 50.5 Å². The highest BCUT2D eigenvalue weighted by Gasteiger charge is 2.41. The molecule has 2 heterocycles. The Hall–Kier alpha value is -2.72. The van der Waals surface area contributed by atoms with Crippen LogP contribution in [0, 0.1) is 5.92 Å². The molecular weight excluding hydrogens is 518 g/mol. The molecule has 0 spiro atoms. The van der Waals surface area contributed by atoms with Gasteiger partial charge in [-0.3, -0.25) is 19.8 Å². The second-order valence-corrected chi connectivity index (χ2v) is 12.2. The largest absolute Gasteiger partial charge is 0.298 e. The predicted octanol–water partition coefficient (Wildman–Crippen LogP) is 4.74. The van der Waals surface area contributed by atoms with E-state index in [0.717, 1.165) is 28.9 Å². The maximum atomic E-state index is 14.0. The van der Waals surface area contributed by atoms with Gasteiger partial charge in [-0.15, -0.1) is 11.3 Å². The molecule has 0 radical (unpaired) electrons. The third-order valence-electron chi connectivity index (χ3n) is 6.52. The second kappa shape index (κ2) is 10.7. The zero-order chi connectivity index (χ0) is 26.0. The Morgan fingerprint density at radius 1 is 1.14 bits per heavy atom. The molecule has 4 rings (SSSR count). The summed E-state index contributed by atoms with van der Waals surface area (Å²) in [5.74, 6) is -1.15. The normalized spacial score (nSPS) is 19.8. The fourth-order valence-corrected chi connectivity index (χ4v) is 6.57. The molecule has 1 aliphatic rings. The van der Waals surface area contributed by atoms with E-state index in [9.17, 15) is 18.0 Å². The molecule has 0 aliphatic carbocycles. The average molecular weight is 546 g/mol. The van der Waals surface area contributed by atoms with Crippen molar-refractivity contribution in [1.82, 2.24) is 10.0 Å². The Kier molecular flexibility index (Phi) is 7.85. The molecule has 190 valence electrons. The van der Waals surface area contributed by atoms with E-state index < -0.39 is 28.0 Å². The van der Waals surface area contributed by atoms with Gasteiger partial charge in [0.15, 0.2) is 0 Å². The fourth-order valence-electron chi connectivity index (χ4n) is 4.35. The lowest BCUT2D eigenvalue weighted by atomic mass is 9.94. The number of nitrogens with zero attached hydrogens (tertiary/aromatic N) is 1. The Labute approximate surface area is 220 Å². The summed E-state index contributed by atoms with van der Waals surface area (Å²) in [5.41, 5.74) is 2.18. The summed E-state index contributed by atoms with van der Waals surface area (Å²) in [4.78, 5) is 28.7. The summed E-state index contributed by atoms with van der Waals surface area (Å²) in [6, 6.07) is 15.8. The average Bonchev–Trinajstić information content (AvgIpc) is 3.38. The summed E-state index contributed by atoms with van der Waals surface area (Å²) < 4.78 is 27.6. The van der Waals surface area contributed by atoms with Gasteiger partial charge in [0, 0.05) is 10.7 Å². The van der Waals surface area contributed by atoms with Gasteiger partial charge in [0.05, 0.1) is 12.1 Å². The highest BCUT2D eigenvalue weighted by atomic mass is 35.5. The third-order valence-corrected chi connectivity index (χ3v) is 9.50. The van der Waals surface area contributed by atoms with Crippen LogP contribution in [-0.4, -0.2) is 32.3 Å². The van der Waals surface area contributed by atoms with Crippen LogP contribution in [0.3, 0.4) is 0 Å². The molecule has 2 aromatic carbocycles. The topological polar surface area (TPSA) is 95.6 Å². The van der Waals surface area contributed by atoms with E-state index in [4.69, 9.17) is 11.6 Å². The summed E-state index contributed by atoms with van der Waals surface area (Å²) in [6.45, 7) is 5.51. The number of benzene rings is 2. The molecule has 2 unspecified atom stereocenters. The number of nitrogens with one attached hydrogen (secondary N) is 2. The van der Waals surface area contributed by atoms with Gasteiger partial charge in [-0.05, 0) is 53.6 Å². The van der Waals surface area contributed by atoms with Gasteiger partial charge >= 0.3 is 0 Å². The Morgan fingerprint density at radius 3 is 2.50 bits per heavy atom. The van der Waals surface area contributed by atoms with E-state index in [0.29, 0.717) is 10.7 Å². The van der Waals surface area contributed by atoms with E-state index >= 15 is 0 Å². The van der Waals surface area contributed by atoms with Gasteiger partial charge in [0.1, 0.15) is 10.3 Å². The quantitative estimate of drug-likeness (QED) is 0.447. The van der Waals surface area contributed by atoms with Gasteiger partial charge < -0.3 is 0 Å². The number of halogens is 1. The monoisotopic (exact) mass is 545 g/mol. The number of carbonyl (C=O) groups is 2. The van der Waals surface area contributed by atoms with E-state index in [1.165, 1.54) is 17.9 Å². The lowest BCUT2D eigenvalue weighted by Crippen LogP contribution is -2.55. The van der Waals surface area contributed by atoms with E-state index in [1.54, 1.807) is 29.6 Å². The summed E-state index contributed by atoms with van der Waals surface area (Å²) >= 11 is 7.40. The molecule has 36 heavy (non-hydrogen) atoms. The molecule has 0 fully saturated rings. The molecule has 1 aliphatic heterocycles. The first-order valence-electron chi connectivity index (χ1n) is 11.7. The molecular formula is C26H28ClN3O4S2. The van der Waals surface area contributed by atoms with Crippen LogP contribution in [0.4, 0.5) is 5.69 Å². The molecule has 0 saturated heterocycles. The Balaban J connectivity index is 1.81. The standard InChI is InChI=1S/C26H28ClN3O4S2/c1-4-16(2)23-26(32)30(17(3)25(31)29-36(33,34)22-11-8-14-35-22)21-13-12-19(27)15-20(21)24(28-23)18-9-6-5-7-10-18/h5-17,23-24,28H,4H2,1-3H3,(H,29,31)/t16-,17?,23-,24?/m0/s1. The number of anilines is 1. The molecule has 0 saturated carbocycles. The van der Waals surface area contributed by atoms with Crippen molar-refractivity contribution in [2.75, 3.05) is 4.90 Å². The van der Waals surface area contributed by atoms with Crippen molar-refractivity contribution in [1.29, 1.82) is 0 Å². The molecule has 10 heteroatoms. The highest BCUT2D eigenvalue weighted by Crippen LogP contribution is 2.38. The zero-order valence-electron chi connectivity index (χ0n) is 20.1. The minimum atomic E-state index is -4.05. The van der Waals surface area contributed by atoms with Crippen molar-refractivity contribution < 1.29 is 18.0 Å². The van der Waals surface area contributed by atoms with Crippen molar-refractivity contribution in [3.05, 3.63) is 82.2 Å². The van der Waals surface area contributed by atoms with Crippen LogP contribution >= 0.6 is 22.9 Å². The smallest absolute Gasteiger partial charge is 0.273 e. The first-order chi connectivity index (χ1) is 17.1. The van der Waals surface area contributed by atoms with Gasteiger partial charge in [-0.2, -0.15) is 0 Å². The van der Waals surface area contributed by atoms with Crippen LogP contribution in [0.15, 0.2) is 70.3 Å². The van der Waals surface area contributed by atoms with Crippen LogP contribution in [0.5, 0.6) is 0 Å². The maximum absolute atomic E-state index is 14.0. The van der Waals surface area contributed by atoms with Crippen LogP contribution in [0.25, 0.3) is 0 Å². The SMILES string of the molecule is CC[C@H](C)[C@@H]1NC(c2ccccc2)c2cc(Cl)ccc2N(C(C)C(=O)NS(=O)(=O)c2cccs2)C1=O. The molecule has 2 N–H and O–H groups in total. The number of thiophene rings is 1. The van der Waals surface area contributed by atoms with Gasteiger partial charge in [0.25, 0.3) is 15.9 Å². The van der Waals surface area contributed by atoms with Gasteiger partial charge in [-0.25, -0.2) is 13.1 Å². The van der Waals surface area contributed by atoms with Crippen LogP contribution in [0.2, 0.25) is 5.02 Å². The van der Waals surface area contributed by atoms with E-state index in [-0.39, 0.29) is 22.1 Å². The van der Waals surface area contributed by atoms with E-state index in [2.05, 4.69) is 10.0 Å². The first kappa shape index (κ1) is 26.3. The number of hydrogen-bond donors (Lipinski definition) is 2. The molecule has 7 nitrogen and oxygen atoms in total. The lowest BCUT2D eigenvalue weighted by molar-refractivity contribution is -0.126. The first-order valence-corrected chi connectivity index (χ1v) is 14.4. The summed E-state index contributed by atoms with van der Waals surface area (Å²) in [5, 5.41) is 5.62. The molecule has 1 aromatic heterocycles. The van der Waals surface area contributed by atoms with Gasteiger partial charge in [0.2, 0.25) is 5.91 Å². The highest BCUT2D eigenvalue weighted by molar-refractivity contribution is 7.92. The number of carbonyl (C=O) groups excluding carboxylic acids is 2. The Morgan fingerprint density at radius 2 is 1.86 bits per heavy atom. The van der Waals surface area contributed by atoms with Crippen LogP contribution in [-0.2, 0) is 19.6 Å². The Bertz CT molecular complexity index is 1350. The molecule has 3 aromatic rings. The molecule has 0 bridgehead atoms. The third kappa shape index (κ3) is 5.20. The van der Waals surface area contributed by atoms with Gasteiger partial charge in [-0.1, -0.05) is 68.3 Å². The summed E-state index contributed by atoms with van der Waals surface area (Å²) in [7, 11) is -4.05. The molecule has 2 amide bonds. The second-order valence-electron chi connectivity index (χ2n) is 8.86. The van der Waals surface area contributed by atoms with Crippen molar-refractivity contribution in [2.24, 2.45) is 5.92 Å². The number of sulfonamides is 1. The maximum Gasteiger partial charge on any atom is 0.273 e. The number of rotatable bonds is 7. The molecule has 4 atom stereocenters. The minimum Gasteiger partial charge on any atom is -0.298 e. The van der Waals surface area contributed by atoms with E-state index in [1.807, 2.05) is 44.2 Å². The number of amides is 2. The summed E-state index contributed by atoms with van der Waals surface area (Å²) in [6.07, 6.45) is 0.725. The zero-order valence-corrected chi connectivity index (χ0v) is 22.5. The minimum absolute atomic E-state index is 0.0284. The van der Waals surface area contributed by atoms with Crippen LogP contribution in [0.1, 0.15) is 44.4 Å². The number of hydrogen-bond acceptors (Lipinski definition) is 6. The number of fused-ring (bicyclic) bond motifs is 1. The lowest BCUT2D eigenvalue weighted by Gasteiger charge is -2.32. The van der Waals surface area contributed by atoms with Crippen molar-refractivity contribution in [2.45, 2.75) is 49.5 Å². The van der Waals surface area contributed by atoms with Crippen molar-refractivity contribution in [3.63, 3.8) is 0 Å². The predicted molar refractivity (Wildman–Crippen MR) is 143 cm³/mol.